The van der Waals surface area contributed by atoms with Gasteiger partial charge in [0.05, 0.1) is 27.9 Å². The number of benzene rings is 2. The van der Waals surface area contributed by atoms with E-state index in [0.717, 1.165) is 22.4 Å². The first-order valence-corrected chi connectivity index (χ1v) is 9.14. The molecule has 28 heavy (non-hydrogen) atoms. The van der Waals surface area contributed by atoms with E-state index < -0.39 is 0 Å². The zero-order chi connectivity index (χ0) is 20.8. The summed E-state index contributed by atoms with van der Waals surface area (Å²) >= 11 is 0. The fourth-order valence-corrected chi connectivity index (χ4v) is 3.40. The molecular weight excluding hydrogens is 356 g/mol. The summed E-state index contributed by atoms with van der Waals surface area (Å²) in [6, 6.07) is 7.93. The van der Waals surface area contributed by atoms with Gasteiger partial charge in [-0.15, -0.1) is 0 Å². The Labute approximate surface area is 167 Å². The first kappa shape index (κ1) is 21.6. The SMILES string of the molecule is COc1cc(CN(C)CC(=O)Nc2c(C)cc(C)cc2C)cc(OC)c1OC. The summed E-state index contributed by atoms with van der Waals surface area (Å²) in [5.74, 6) is 1.70. The molecule has 0 aliphatic rings. The Bertz CT molecular complexity index is 800. The maximum atomic E-state index is 12.5. The molecule has 0 unspecified atom stereocenters. The number of ether oxygens (including phenoxy) is 3. The quantitative estimate of drug-likeness (QED) is 0.749. The predicted octanol–water partition coefficient (Wildman–Crippen LogP) is 3.71. The highest BCUT2D eigenvalue weighted by molar-refractivity contribution is 5.93. The highest BCUT2D eigenvalue weighted by atomic mass is 16.5. The molecule has 6 heteroatoms. The summed E-state index contributed by atoms with van der Waals surface area (Å²) in [7, 11) is 6.65. The minimum absolute atomic E-state index is 0.0509. The molecule has 0 saturated heterocycles. The van der Waals surface area contributed by atoms with Gasteiger partial charge in [-0.05, 0) is 56.6 Å². The van der Waals surface area contributed by atoms with Crippen LogP contribution in [0.3, 0.4) is 0 Å². The third-order valence-electron chi connectivity index (χ3n) is 4.53. The summed E-state index contributed by atoms with van der Waals surface area (Å²) in [5.41, 5.74) is 5.17. The first-order valence-electron chi connectivity index (χ1n) is 9.14. The third-order valence-corrected chi connectivity index (χ3v) is 4.53. The van der Waals surface area contributed by atoms with Crippen LogP contribution in [-0.4, -0.2) is 45.7 Å². The molecule has 2 rings (SSSR count). The topological polar surface area (TPSA) is 60.0 Å². The molecule has 0 saturated carbocycles. The lowest BCUT2D eigenvalue weighted by Crippen LogP contribution is -2.30. The van der Waals surface area contributed by atoms with Crippen LogP contribution >= 0.6 is 0 Å². The number of methoxy groups -OCH3 is 3. The number of aryl methyl sites for hydroxylation is 3. The van der Waals surface area contributed by atoms with Crippen LogP contribution < -0.4 is 19.5 Å². The summed E-state index contributed by atoms with van der Waals surface area (Å²) in [4.78, 5) is 14.5. The van der Waals surface area contributed by atoms with Crippen molar-refractivity contribution in [1.29, 1.82) is 0 Å². The fraction of sp³-hybridized carbons (Fsp3) is 0.409. The minimum atomic E-state index is -0.0509. The summed E-state index contributed by atoms with van der Waals surface area (Å²) < 4.78 is 16.1. The predicted molar refractivity (Wildman–Crippen MR) is 112 cm³/mol. The van der Waals surface area contributed by atoms with Gasteiger partial charge in [-0.3, -0.25) is 9.69 Å². The average Bonchev–Trinajstić information content (AvgIpc) is 2.63. The second-order valence-electron chi connectivity index (χ2n) is 7.03. The fourth-order valence-electron chi connectivity index (χ4n) is 3.40. The lowest BCUT2D eigenvalue weighted by atomic mass is 10.1. The number of hydrogen-bond donors (Lipinski definition) is 1. The van der Waals surface area contributed by atoms with Gasteiger partial charge >= 0.3 is 0 Å². The number of anilines is 1. The van der Waals surface area contributed by atoms with E-state index in [9.17, 15) is 4.79 Å². The van der Waals surface area contributed by atoms with Crippen LogP contribution in [0.15, 0.2) is 24.3 Å². The molecule has 1 N–H and O–H groups in total. The van der Waals surface area contributed by atoms with Gasteiger partial charge in [0.1, 0.15) is 0 Å². The van der Waals surface area contributed by atoms with E-state index in [4.69, 9.17) is 14.2 Å². The van der Waals surface area contributed by atoms with Gasteiger partial charge in [0.2, 0.25) is 11.7 Å². The molecule has 0 radical (unpaired) electrons. The van der Waals surface area contributed by atoms with Crippen molar-refractivity contribution in [2.24, 2.45) is 0 Å². The van der Waals surface area contributed by atoms with E-state index in [1.54, 1.807) is 21.3 Å². The number of nitrogens with zero attached hydrogens (tertiary/aromatic N) is 1. The summed E-state index contributed by atoms with van der Waals surface area (Å²) in [6.45, 7) is 6.90. The van der Waals surface area contributed by atoms with Gasteiger partial charge in [0.25, 0.3) is 0 Å². The Hall–Kier alpha value is -2.73. The van der Waals surface area contributed by atoms with E-state index in [2.05, 4.69) is 24.4 Å². The van der Waals surface area contributed by atoms with E-state index >= 15 is 0 Å². The van der Waals surface area contributed by atoms with Crippen LogP contribution in [-0.2, 0) is 11.3 Å². The first-order chi connectivity index (χ1) is 13.3. The normalized spacial score (nSPS) is 10.7. The Morgan fingerprint density at radius 2 is 1.46 bits per heavy atom. The monoisotopic (exact) mass is 386 g/mol. The van der Waals surface area contributed by atoms with E-state index in [-0.39, 0.29) is 12.5 Å². The van der Waals surface area contributed by atoms with Crippen LogP contribution in [0.2, 0.25) is 0 Å². The van der Waals surface area contributed by atoms with E-state index in [0.29, 0.717) is 23.8 Å². The lowest BCUT2D eigenvalue weighted by molar-refractivity contribution is -0.117. The van der Waals surface area contributed by atoms with E-state index in [1.807, 2.05) is 37.9 Å². The van der Waals surface area contributed by atoms with Gasteiger partial charge in [-0.25, -0.2) is 0 Å². The standard InChI is InChI=1S/C22H30N2O4/c1-14-8-15(2)21(16(3)9-14)23-20(25)13-24(4)12-17-10-18(26-5)22(28-7)19(11-17)27-6/h8-11H,12-13H2,1-7H3,(H,23,25). The number of hydrogen-bond acceptors (Lipinski definition) is 5. The smallest absolute Gasteiger partial charge is 0.238 e. The molecule has 152 valence electrons. The molecule has 0 bridgehead atoms. The molecule has 0 atom stereocenters. The number of rotatable bonds is 8. The van der Waals surface area contributed by atoms with Crippen molar-refractivity contribution in [3.63, 3.8) is 0 Å². The van der Waals surface area contributed by atoms with Gasteiger partial charge in [-0.2, -0.15) is 0 Å². The Morgan fingerprint density at radius 1 is 0.929 bits per heavy atom. The highest BCUT2D eigenvalue weighted by Crippen LogP contribution is 2.38. The largest absolute Gasteiger partial charge is 0.493 e. The van der Waals surface area contributed by atoms with Crippen LogP contribution in [0.5, 0.6) is 17.2 Å². The molecule has 1 amide bonds. The molecule has 0 aliphatic carbocycles. The van der Waals surface area contributed by atoms with Crippen molar-refractivity contribution in [1.82, 2.24) is 4.90 Å². The van der Waals surface area contributed by atoms with Crippen LogP contribution in [0, 0.1) is 20.8 Å². The third kappa shape index (κ3) is 5.16. The number of likely N-dealkylation sites (N-methyl/N-ethyl adjacent to an activating group) is 1. The van der Waals surface area contributed by atoms with Gasteiger partial charge in [0.15, 0.2) is 11.5 Å². The Kier molecular flexibility index (Phi) is 7.29. The maximum Gasteiger partial charge on any atom is 0.238 e. The summed E-state index contributed by atoms with van der Waals surface area (Å²) in [6.07, 6.45) is 0. The van der Waals surface area contributed by atoms with Crippen molar-refractivity contribution < 1.29 is 19.0 Å². The van der Waals surface area contributed by atoms with Crippen molar-refractivity contribution in [2.45, 2.75) is 27.3 Å². The number of nitrogens with one attached hydrogen (secondary N) is 1. The Morgan fingerprint density at radius 3 is 1.93 bits per heavy atom. The number of amides is 1. The molecule has 0 aromatic heterocycles. The van der Waals surface area contributed by atoms with Crippen molar-refractivity contribution >= 4 is 11.6 Å². The summed E-state index contributed by atoms with van der Waals surface area (Å²) in [5, 5.41) is 3.04. The molecule has 0 heterocycles. The average molecular weight is 386 g/mol. The second kappa shape index (κ2) is 9.46. The van der Waals surface area contributed by atoms with Crippen LogP contribution in [0.25, 0.3) is 0 Å². The molecule has 6 nitrogen and oxygen atoms in total. The molecule has 0 aliphatic heterocycles. The van der Waals surface area contributed by atoms with Crippen molar-refractivity contribution in [3.8, 4) is 17.2 Å². The van der Waals surface area contributed by atoms with Crippen LogP contribution in [0.1, 0.15) is 22.3 Å². The maximum absolute atomic E-state index is 12.5. The molecule has 0 spiro atoms. The van der Waals surface area contributed by atoms with Crippen molar-refractivity contribution in [2.75, 3.05) is 40.2 Å². The zero-order valence-electron chi connectivity index (χ0n) is 17.8. The molecule has 2 aromatic rings. The minimum Gasteiger partial charge on any atom is -0.493 e. The van der Waals surface area contributed by atoms with E-state index in [1.165, 1.54) is 5.56 Å². The lowest BCUT2D eigenvalue weighted by Gasteiger charge is -2.20. The van der Waals surface area contributed by atoms with Gasteiger partial charge in [0, 0.05) is 12.2 Å². The number of carbonyl (C=O) groups is 1. The molecule has 2 aromatic carbocycles. The number of carbonyl (C=O) groups excluding carboxylic acids is 1. The second-order valence-corrected chi connectivity index (χ2v) is 7.03. The van der Waals surface area contributed by atoms with Gasteiger partial charge < -0.3 is 19.5 Å². The highest BCUT2D eigenvalue weighted by Gasteiger charge is 2.15. The van der Waals surface area contributed by atoms with Gasteiger partial charge in [-0.1, -0.05) is 17.7 Å². The molecule has 0 fully saturated rings. The van der Waals surface area contributed by atoms with Crippen molar-refractivity contribution in [3.05, 3.63) is 46.5 Å². The van der Waals surface area contributed by atoms with Crippen LogP contribution in [0.4, 0.5) is 5.69 Å². The molecular formula is C22H30N2O4. The Balaban J connectivity index is 2.08. The zero-order valence-corrected chi connectivity index (χ0v) is 17.8.